The topological polar surface area (TPSA) is 85.3 Å². The summed E-state index contributed by atoms with van der Waals surface area (Å²) >= 11 is 6.08. The number of anilines is 1. The van der Waals surface area contributed by atoms with Crippen molar-refractivity contribution in [1.29, 1.82) is 0 Å². The molecular formula is C23H22ClN5O2. The predicted molar refractivity (Wildman–Crippen MR) is 122 cm³/mol. The number of halogens is 1. The van der Waals surface area contributed by atoms with Crippen molar-refractivity contribution in [3.05, 3.63) is 64.9 Å². The number of nitrogens with zero attached hydrogens (tertiary/aromatic N) is 4. The van der Waals surface area contributed by atoms with Crippen LogP contribution in [0.15, 0.2) is 48.7 Å². The van der Waals surface area contributed by atoms with Crippen LogP contribution in [0.4, 0.5) is 5.82 Å². The average Bonchev–Trinajstić information content (AvgIpc) is 3.16. The SMILES string of the molecule is Cc1nc2ccccc2nc1N1CCN(C(C(=O)O)c2c[nH]c3cc(Cl)ccc23)CC1. The highest BCUT2D eigenvalue weighted by molar-refractivity contribution is 6.31. The van der Waals surface area contributed by atoms with Crippen molar-refractivity contribution in [2.45, 2.75) is 13.0 Å². The summed E-state index contributed by atoms with van der Waals surface area (Å²) in [5.74, 6) is 0.0120. The zero-order valence-corrected chi connectivity index (χ0v) is 17.8. The fourth-order valence-corrected chi connectivity index (χ4v) is 4.58. The van der Waals surface area contributed by atoms with Crippen molar-refractivity contribution >= 4 is 45.3 Å². The minimum absolute atomic E-state index is 0.616. The van der Waals surface area contributed by atoms with Crippen LogP contribution < -0.4 is 4.90 Å². The molecule has 1 atom stereocenters. The van der Waals surface area contributed by atoms with Gasteiger partial charge in [-0.1, -0.05) is 29.8 Å². The number of benzene rings is 2. The molecule has 2 aromatic carbocycles. The number of H-pyrrole nitrogens is 1. The molecule has 0 bridgehead atoms. The first kappa shape index (κ1) is 19.8. The lowest BCUT2D eigenvalue weighted by Crippen LogP contribution is -2.49. The molecule has 31 heavy (non-hydrogen) atoms. The smallest absolute Gasteiger partial charge is 0.325 e. The van der Waals surface area contributed by atoms with E-state index >= 15 is 0 Å². The Kier molecular flexibility index (Phi) is 5.00. The van der Waals surface area contributed by atoms with E-state index in [-0.39, 0.29) is 0 Å². The maximum atomic E-state index is 12.2. The maximum absolute atomic E-state index is 12.2. The van der Waals surface area contributed by atoms with Gasteiger partial charge in [-0.2, -0.15) is 0 Å². The third kappa shape index (κ3) is 3.60. The van der Waals surface area contributed by atoms with Crippen LogP contribution in [0.2, 0.25) is 5.02 Å². The van der Waals surface area contributed by atoms with Gasteiger partial charge in [0.15, 0.2) is 5.82 Å². The van der Waals surface area contributed by atoms with E-state index in [0.717, 1.165) is 39.0 Å². The number of carbonyl (C=O) groups is 1. The highest BCUT2D eigenvalue weighted by Gasteiger charge is 2.32. The van der Waals surface area contributed by atoms with E-state index in [2.05, 4.69) is 14.9 Å². The number of rotatable bonds is 4. The van der Waals surface area contributed by atoms with Gasteiger partial charge >= 0.3 is 5.97 Å². The third-order valence-corrected chi connectivity index (χ3v) is 6.14. The van der Waals surface area contributed by atoms with Gasteiger partial charge in [-0.15, -0.1) is 0 Å². The molecule has 1 saturated heterocycles. The average molecular weight is 436 g/mol. The van der Waals surface area contributed by atoms with Crippen LogP contribution in [0.5, 0.6) is 0 Å². The summed E-state index contributed by atoms with van der Waals surface area (Å²) in [6.07, 6.45) is 1.78. The number of carboxylic acid groups (broad SMARTS) is 1. The van der Waals surface area contributed by atoms with E-state index < -0.39 is 12.0 Å². The van der Waals surface area contributed by atoms with Gasteiger partial charge in [0, 0.05) is 53.9 Å². The van der Waals surface area contributed by atoms with Crippen molar-refractivity contribution in [3.63, 3.8) is 0 Å². The highest BCUT2D eigenvalue weighted by atomic mass is 35.5. The van der Waals surface area contributed by atoms with Gasteiger partial charge < -0.3 is 15.0 Å². The molecule has 5 rings (SSSR count). The van der Waals surface area contributed by atoms with Crippen molar-refractivity contribution in [2.24, 2.45) is 0 Å². The summed E-state index contributed by atoms with van der Waals surface area (Å²) in [7, 11) is 0. The molecule has 1 fully saturated rings. The zero-order chi connectivity index (χ0) is 21.5. The molecule has 2 aromatic heterocycles. The molecule has 7 nitrogen and oxygen atoms in total. The van der Waals surface area contributed by atoms with E-state index in [1.165, 1.54) is 0 Å². The largest absolute Gasteiger partial charge is 0.480 e. The molecule has 0 saturated carbocycles. The molecule has 8 heteroatoms. The molecule has 1 aliphatic rings. The lowest BCUT2D eigenvalue weighted by molar-refractivity contribution is -0.143. The Morgan fingerprint density at radius 1 is 1.10 bits per heavy atom. The van der Waals surface area contributed by atoms with Gasteiger partial charge in [0.1, 0.15) is 6.04 Å². The van der Waals surface area contributed by atoms with E-state index in [1.807, 2.05) is 48.2 Å². The van der Waals surface area contributed by atoms with E-state index in [9.17, 15) is 9.90 Å². The summed E-state index contributed by atoms with van der Waals surface area (Å²) < 4.78 is 0. The second-order valence-corrected chi connectivity index (χ2v) is 8.26. The first-order chi connectivity index (χ1) is 15.0. The van der Waals surface area contributed by atoms with E-state index in [1.54, 1.807) is 12.3 Å². The zero-order valence-electron chi connectivity index (χ0n) is 17.0. The Bertz CT molecular complexity index is 1280. The highest BCUT2D eigenvalue weighted by Crippen LogP contribution is 2.31. The molecular weight excluding hydrogens is 414 g/mol. The van der Waals surface area contributed by atoms with Gasteiger partial charge in [0.25, 0.3) is 0 Å². The van der Waals surface area contributed by atoms with Crippen LogP contribution in [0.1, 0.15) is 17.3 Å². The number of hydrogen-bond acceptors (Lipinski definition) is 5. The van der Waals surface area contributed by atoms with Crippen LogP contribution in [0.3, 0.4) is 0 Å². The fraction of sp³-hybridized carbons (Fsp3) is 0.261. The van der Waals surface area contributed by atoms with Crippen molar-refractivity contribution in [1.82, 2.24) is 19.9 Å². The number of aromatic amines is 1. The van der Waals surface area contributed by atoms with Crippen molar-refractivity contribution in [3.8, 4) is 0 Å². The van der Waals surface area contributed by atoms with Crippen LogP contribution in [-0.2, 0) is 4.79 Å². The first-order valence-corrected chi connectivity index (χ1v) is 10.6. The molecule has 0 spiro atoms. The van der Waals surface area contributed by atoms with Crippen molar-refractivity contribution in [2.75, 3.05) is 31.1 Å². The van der Waals surface area contributed by atoms with Crippen LogP contribution >= 0.6 is 11.6 Å². The Morgan fingerprint density at radius 2 is 1.81 bits per heavy atom. The van der Waals surface area contributed by atoms with Crippen LogP contribution in [0, 0.1) is 6.92 Å². The Hall–Kier alpha value is -3.16. The Labute approximate surface area is 184 Å². The number of aromatic nitrogens is 3. The van der Waals surface area contributed by atoms with Gasteiger partial charge in [0.2, 0.25) is 0 Å². The lowest BCUT2D eigenvalue weighted by Gasteiger charge is -2.38. The molecule has 1 aliphatic heterocycles. The summed E-state index contributed by atoms with van der Waals surface area (Å²) in [5.41, 5.74) is 4.23. The van der Waals surface area contributed by atoms with Crippen molar-refractivity contribution < 1.29 is 9.90 Å². The standard InChI is InChI=1S/C23H22ClN5O2/c1-14-22(27-19-5-3-2-4-18(19)26-14)29-10-8-28(9-11-29)21(23(30)31)17-13-25-20-12-15(24)6-7-16(17)20/h2-7,12-13,21,25H,8-11H2,1H3,(H,30,31). The third-order valence-electron chi connectivity index (χ3n) is 5.90. The number of para-hydroxylation sites is 2. The minimum atomic E-state index is -0.856. The normalized spacial score (nSPS) is 16.1. The Morgan fingerprint density at radius 3 is 2.52 bits per heavy atom. The molecule has 158 valence electrons. The summed E-state index contributed by atoms with van der Waals surface area (Å²) in [5, 5.41) is 11.5. The van der Waals surface area contributed by atoms with E-state index in [4.69, 9.17) is 16.6 Å². The number of fused-ring (bicyclic) bond motifs is 2. The summed E-state index contributed by atoms with van der Waals surface area (Å²) in [6.45, 7) is 4.58. The van der Waals surface area contributed by atoms with Gasteiger partial charge in [0.05, 0.1) is 16.7 Å². The molecule has 2 N–H and O–H groups in total. The molecule has 0 aliphatic carbocycles. The fourth-order valence-electron chi connectivity index (χ4n) is 4.40. The Balaban J connectivity index is 1.39. The number of nitrogens with one attached hydrogen (secondary N) is 1. The maximum Gasteiger partial charge on any atom is 0.325 e. The molecule has 0 amide bonds. The predicted octanol–water partition coefficient (Wildman–Crippen LogP) is 4.02. The van der Waals surface area contributed by atoms with Gasteiger partial charge in [-0.05, 0) is 31.2 Å². The molecule has 4 aromatic rings. The monoisotopic (exact) mass is 435 g/mol. The second kappa shape index (κ2) is 7.83. The minimum Gasteiger partial charge on any atom is -0.480 e. The van der Waals surface area contributed by atoms with Crippen LogP contribution in [0.25, 0.3) is 21.9 Å². The number of hydrogen-bond donors (Lipinski definition) is 2. The van der Waals surface area contributed by atoms with Gasteiger partial charge in [-0.3, -0.25) is 9.69 Å². The summed E-state index contributed by atoms with van der Waals surface area (Å²) in [4.78, 5) is 29.1. The second-order valence-electron chi connectivity index (χ2n) is 7.82. The number of carboxylic acids is 1. The quantitative estimate of drug-likeness (QED) is 0.503. The first-order valence-electron chi connectivity index (χ1n) is 10.2. The molecule has 1 unspecified atom stereocenters. The van der Waals surface area contributed by atoms with Crippen LogP contribution in [-0.4, -0.2) is 57.1 Å². The molecule has 3 heterocycles. The number of aryl methyl sites for hydroxylation is 1. The molecule has 0 radical (unpaired) electrons. The lowest BCUT2D eigenvalue weighted by atomic mass is 10.0. The van der Waals surface area contributed by atoms with E-state index in [0.29, 0.717) is 31.2 Å². The van der Waals surface area contributed by atoms with Gasteiger partial charge in [-0.25, -0.2) is 9.97 Å². The summed E-state index contributed by atoms with van der Waals surface area (Å²) in [6, 6.07) is 12.6. The number of piperazine rings is 1. The number of aliphatic carboxylic acids is 1.